The van der Waals surface area contributed by atoms with Crippen molar-refractivity contribution in [3.8, 4) is 0 Å². The fraction of sp³-hybridized carbons (Fsp3) is 0.143. The van der Waals surface area contributed by atoms with E-state index >= 15 is 0 Å². The van der Waals surface area contributed by atoms with Crippen LogP contribution < -0.4 is 5.32 Å². The van der Waals surface area contributed by atoms with Gasteiger partial charge in [-0.05, 0) is 47.0 Å². The molecule has 0 unspecified atom stereocenters. The van der Waals surface area contributed by atoms with Gasteiger partial charge < -0.3 is 5.32 Å². The number of rotatable bonds is 6. The predicted octanol–water partition coefficient (Wildman–Crippen LogP) is 4.71. The Kier molecular flexibility index (Phi) is 5.97. The number of hydrogen-bond donors (Lipinski definition) is 1. The zero-order chi connectivity index (χ0) is 18.4. The largest absolute Gasteiger partial charge is 0.352 e. The maximum Gasteiger partial charge on any atom is 0.221 e. The van der Waals surface area contributed by atoms with Gasteiger partial charge >= 0.3 is 0 Å². The SMILES string of the molecule is O=C(C[C@H](c1ccc(F)cc1)c1ccc(Cl)cc1)NCc1cccnc1. The van der Waals surface area contributed by atoms with Gasteiger partial charge in [0.15, 0.2) is 0 Å². The number of aromatic nitrogens is 1. The summed E-state index contributed by atoms with van der Waals surface area (Å²) in [5.74, 6) is -0.565. The minimum atomic E-state index is -0.301. The predicted molar refractivity (Wildman–Crippen MR) is 100 cm³/mol. The van der Waals surface area contributed by atoms with Gasteiger partial charge in [0, 0.05) is 36.3 Å². The average molecular weight is 369 g/mol. The van der Waals surface area contributed by atoms with Gasteiger partial charge in [0.25, 0.3) is 0 Å². The molecule has 132 valence electrons. The summed E-state index contributed by atoms with van der Waals surface area (Å²) >= 11 is 5.97. The smallest absolute Gasteiger partial charge is 0.221 e. The first-order chi connectivity index (χ1) is 12.6. The molecule has 0 saturated carbocycles. The lowest BCUT2D eigenvalue weighted by Crippen LogP contribution is -2.25. The third-order valence-electron chi connectivity index (χ3n) is 4.15. The van der Waals surface area contributed by atoms with E-state index in [9.17, 15) is 9.18 Å². The van der Waals surface area contributed by atoms with E-state index in [0.717, 1.165) is 16.7 Å². The van der Waals surface area contributed by atoms with Gasteiger partial charge in [-0.2, -0.15) is 0 Å². The summed E-state index contributed by atoms with van der Waals surface area (Å²) in [7, 11) is 0. The average Bonchev–Trinajstić information content (AvgIpc) is 2.67. The second kappa shape index (κ2) is 8.59. The highest BCUT2D eigenvalue weighted by molar-refractivity contribution is 6.30. The van der Waals surface area contributed by atoms with Crippen molar-refractivity contribution < 1.29 is 9.18 Å². The number of nitrogens with one attached hydrogen (secondary N) is 1. The van der Waals surface area contributed by atoms with Crippen LogP contribution in [0.4, 0.5) is 4.39 Å². The minimum Gasteiger partial charge on any atom is -0.352 e. The molecule has 0 fully saturated rings. The van der Waals surface area contributed by atoms with Crippen LogP contribution in [0.25, 0.3) is 0 Å². The number of nitrogens with zero attached hydrogens (tertiary/aromatic N) is 1. The molecule has 0 spiro atoms. The molecule has 3 aromatic rings. The van der Waals surface area contributed by atoms with Crippen molar-refractivity contribution in [2.75, 3.05) is 0 Å². The molecule has 0 saturated heterocycles. The lowest BCUT2D eigenvalue weighted by atomic mass is 9.88. The first-order valence-corrected chi connectivity index (χ1v) is 8.66. The number of hydrogen-bond acceptors (Lipinski definition) is 2. The summed E-state index contributed by atoms with van der Waals surface area (Å²) in [6.07, 6.45) is 3.67. The van der Waals surface area contributed by atoms with Crippen LogP contribution in [0.5, 0.6) is 0 Å². The highest BCUT2D eigenvalue weighted by Gasteiger charge is 2.18. The van der Waals surface area contributed by atoms with Crippen LogP contribution in [-0.4, -0.2) is 10.9 Å². The fourth-order valence-electron chi connectivity index (χ4n) is 2.78. The van der Waals surface area contributed by atoms with Gasteiger partial charge in [0.05, 0.1) is 0 Å². The summed E-state index contributed by atoms with van der Waals surface area (Å²) < 4.78 is 13.3. The van der Waals surface area contributed by atoms with Gasteiger partial charge in [-0.25, -0.2) is 4.39 Å². The van der Waals surface area contributed by atoms with Crippen molar-refractivity contribution in [3.63, 3.8) is 0 Å². The summed E-state index contributed by atoms with van der Waals surface area (Å²) in [4.78, 5) is 16.5. The lowest BCUT2D eigenvalue weighted by molar-refractivity contribution is -0.121. The fourth-order valence-corrected chi connectivity index (χ4v) is 2.91. The second-order valence-corrected chi connectivity index (χ2v) is 6.43. The normalized spacial score (nSPS) is 11.8. The van der Waals surface area contributed by atoms with Gasteiger partial charge in [-0.1, -0.05) is 41.9 Å². The Balaban J connectivity index is 1.75. The van der Waals surface area contributed by atoms with Crippen LogP contribution >= 0.6 is 11.6 Å². The van der Waals surface area contributed by atoms with E-state index in [4.69, 9.17) is 11.6 Å². The zero-order valence-corrected chi connectivity index (χ0v) is 14.8. The molecule has 0 radical (unpaired) electrons. The first-order valence-electron chi connectivity index (χ1n) is 8.28. The molecule has 1 aromatic heterocycles. The second-order valence-electron chi connectivity index (χ2n) is 6.00. The molecule has 1 heterocycles. The Morgan fingerprint density at radius 2 is 1.69 bits per heavy atom. The number of benzene rings is 2. The van der Waals surface area contributed by atoms with Gasteiger partial charge in [-0.3, -0.25) is 9.78 Å². The summed E-state index contributed by atoms with van der Waals surface area (Å²) in [5, 5.41) is 3.54. The van der Waals surface area contributed by atoms with E-state index in [0.29, 0.717) is 11.6 Å². The Morgan fingerprint density at radius 3 is 2.31 bits per heavy atom. The Hall–Kier alpha value is -2.72. The molecule has 5 heteroatoms. The molecule has 1 amide bonds. The quantitative estimate of drug-likeness (QED) is 0.684. The standard InChI is InChI=1S/C21H18ClFN2O/c22-18-7-3-16(4-8-18)20(17-5-9-19(23)10-6-17)12-21(26)25-14-15-2-1-11-24-13-15/h1-11,13,20H,12,14H2,(H,25,26)/t20-/m0/s1. The van der Waals surface area contributed by atoms with Crippen LogP contribution in [0.15, 0.2) is 73.1 Å². The monoisotopic (exact) mass is 368 g/mol. The molecule has 1 N–H and O–H groups in total. The topological polar surface area (TPSA) is 42.0 Å². The molecule has 0 aliphatic rings. The molecule has 0 aliphatic heterocycles. The Labute approximate surface area is 156 Å². The van der Waals surface area contributed by atoms with Crippen molar-refractivity contribution in [1.29, 1.82) is 0 Å². The van der Waals surface area contributed by atoms with Crippen molar-refractivity contribution in [3.05, 3.63) is 101 Å². The summed E-state index contributed by atoms with van der Waals surface area (Å²) in [6.45, 7) is 0.420. The molecular weight excluding hydrogens is 351 g/mol. The maximum atomic E-state index is 13.3. The Morgan fingerprint density at radius 1 is 1.04 bits per heavy atom. The highest BCUT2D eigenvalue weighted by atomic mass is 35.5. The van der Waals surface area contributed by atoms with Crippen LogP contribution in [0.3, 0.4) is 0 Å². The van der Waals surface area contributed by atoms with Crippen LogP contribution in [-0.2, 0) is 11.3 Å². The van der Waals surface area contributed by atoms with Crippen LogP contribution in [0.1, 0.15) is 29.0 Å². The number of carbonyl (C=O) groups is 1. The molecular formula is C21H18ClFN2O. The molecule has 26 heavy (non-hydrogen) atoms. The molecule has 1 atom stereocenters. The number of pyridine rings is 1. The molecule has 2 aromatic carbocycles. The summed E-state index contributed by atoms with van der Waals surface area (Å²) in [6, 6.07) is 17.3. The Bertz CT molecular complexity index is 806. The number of amides is 1. The summed E-state index contributed by atoms with van der Waals surface area (Å²) in [5.41, 5.74) is 2.77. The zero-order valence-electron chi connectivity index (χ0n) is 14.0. The van der Waals surface area contributed by atoms with E-state index in [2.05, 4.69) is 10.3 Å². The van der Waals surface area contributed by atoms with Crippen molar-refractivity contribution in [2.24, 2.45) is 0 Å². The molecule has 0 aliphatic carbocycles. The lowest BCUT2D eigenvalue weighted by Gasteiger charge is -2.18. The molecule has 3 rings (SSSR count). The van der Waals surface area contributed by atoms with Gasteiger partial charge in [0.1, 0.15) is 5.82 Å². The number of carbonyl (C=O) groups excluding carboxylic acids is 1. The van der Waals surface area contributed by atoms with E-state index in [1.54, 1.807) is 36.7 Å². The first kappa shape index (κ1) is 18.1. The van der Waals surface area contributed by atoms with E-state index in [1.165, 1.54) is 12.1 Å². The molecule has 3 nitrogen and oxygen atoms in total. The van der Waals surface area contributed by atoms with Crippen LogP contribution in [0.2, 0.25) is 5.02 Å². The van der Waals surface area contributed by atoms with Crippen molar-refractivity contribution in [1.82, 2.24) is 10.3 Å². The minimum absolute atomic E-state index is 0.0851. The third kappa shape index (κ3) is 4.90. The van der Waals surface area contributed by atoms with E-state index in [1.807, 2.05) is 24.3 Å². The third-order valence-corrected chi connectivity index (χ3v) is 4.40. The van der Waals surface area contributed by atoms with Gasteiger partial charge in [0.2, 0.25) is 5.91 Å². The highest BCUT2D eigenvalue weighted by Crippen LogP contribution is 2.29. The number of halogens is 2. The van der Waals surface area contributed by atoms with E-state index in [-0.39, 0.29) is 24.1 Å². The maximum absolute atomic E-state index is 13.3. The van der Waals surface area contributed by atoms with Crippen molar-refractivity contribution in [2.45, 2.75) is 18.9 Å². The van der Waals surface area contributed by atoms with Crippen LogP contribution in [0, 0.1) is 5.82 Å². The molecule has 0 bridgehead atoms. The van der Waals surface area contributed by atoms with Gasteiger partial charge in [-0.15, -0.1) is 0 Å². The van der Waals surface area contributed by atoms with E-state index < -0.39 is 0 Å². The van der Waals surface area contributed by atoms with Crippen molar-refractivity contribution >= 4 is 17.5 Å².